The third kappa shape index (κ3) is 4.54. The number of likely N-dealkylation sites (tertiary alicyclic amines) is 1. The first-order valence-corrected chi connectivity index (χ1v) is 10.5. The van der Waals surface area contributed by atoms with E-state index in [0.717, 1.165) is 49.9 Å². The fourth-order valence-electron chi connectivity index (χ4n) is 4.35. The van der Waals surface area contributed by atoms with Gasteiger partial charge in [-0.1, -0.05) is 18.0 Å². The van der Waals surface area contributed by atoms with Crippen molar-refractivity contribution < 1.29 is 4.74 Å². The zero-order chi connectivity index (χ0) is 18.5. The zero-order valence-electron chi connectivity index (χ0n) is 15.9. The van der Waals surface area contributed by atoms with Gasteiger partial charge in [0.05, 0.1) is 11.9 Å². The Morgan fingerprint density at radius 1 is 1.07 bits per heavy atom. The van der Waals surface area contributed by atoms with E-state index in [4.69, 9.17) is 16.3 Å². The number of aromatic nitrogens is 2. The van der Waals surface area contributed by atoms with Crippen LogP contribution in [0.2, 0.25) is 5.02 Å². The third-order valence-electron chi connectivity index (χ3n) is 5.96. The fraction of sp³-hybridized carbons (Fsp3) is 0.571. The number of benzene rings is 1. The van der Waals surface area contributed by atoms with Crippen LogP contribution >= 0.6 is 11.6 Å². The number of nitrogens with zero attached hydrogens (tertiary/aromatic N) is 3. The van der Waals surface area contributed by atoms with Crippen molar-refractivity contribution in [3.05, 3.63) is 47.2 Å². The van der Waals surface area contributed by atoms with Gasteiger partial charge >= 0.3 is 0 Å². The minimum atomic E-state index is 0.255. The second kappa shape index (κ2) is 8.74. The maximum atomic E-state index is 5.97. The van der Waals surface area contributed by atoms with Crippen molar-refractivity contribution in [1.29, 1.82) is 0 Å². The van der Waals surface area contributed by atoms with E-state index < -0.39 is 0 Å². The average molecular weight is 389 g/mol. The SMILES string of the molecule is Clc1ccc(-n2cc(CNCC3(N4CCCCC4)CCOCC3)cn2)cc1. The number of piperidine rings is 1. The molecule has 2 aliphatic rings. The van der Waals surface area contributed by atoms with Gasteiger partial charge in [-0.2, -0.15) is 5.10 Å². The van der Waals surface area contributed by atoms with Crippen molar-refractivity contribution in [1.82, 2.24) is 20.0 Å². The molecule has 27 heavy (non-hydrogen) atoms. The molecule has 146 valence electrons. The van der Waals surface area contributed by atoms with Crippen molar-refractivity contribution in [2.24, 2.45) is 0 Å². The maximum Gasteiger partial charge on any atom is 0.0646 e. The van der Waals surface area contributed by atoms with Crippen LogP contribution in [0.25, 0.3) is 5.69 Å². The first-order chi connectivity index (χ1) is 13.3. The molecule has 2 aromatic rings. The Morgan fingerprint density at radius 2 is 1.81 bits per heavy atom. The van der Waals surface area contributed by atoms with Crippen molar-refractivity contribution in [3.8, 4) is 5.69 Å². The quantitative estimate of drug-likeness (QED) is 0.820. The molecule has 4 rings (SSSR count). The Morgan fingerprint density at radius 3 is 2.56 bits per heavy atom. The summed E-state index contributed by atoms with van der Waals surface area (Å²) in [4.78, 5) is 2.73. The van der Waals surface area contributed by atoms with Crippen LogP contribution in [0.5, 0.6) is 0 Å². The van der Waals surface area contributed by atoms with Crippen molar-refractivity contribution in [3.63, 3.8) is 0 Å². The number of hydrogen-bond donors (Lipinski definition) is 1. The molecule has 1 N–H and O–H groups in total. The minimum absolute atomic E-state index is 0.255. The lowest BCUT2D eigenvalue weighted by molar-refractivity contribution is -0.0358. The molecular formula is C21H29ClN4O. The van der Waals surface area contributed by atoms with Crippen molar-refractivity contribution in [2.75, 3.05) is 32.8 Å². The molecule has 2 fully saturated rings. The second-order valence-electron chi connectivity index (χ2n) is 7.76. The van der Waals surface area contributed by atoms with Crippen molar-refractivity contribution in [2.45, 2.75) is 44.2 Å². The van der Waals surface area contributed by atoms with E-state index in [1.54, 1.807) is 0 Å². The standard InChI is InChI=1S/C21H29ClN4O/c22-19-4-6-20(7-5-19)26-16-18(15-24-26)14-23-17-21(8-12-27-13-9-21)25-10-2-1-3-11-25/h4-7,15-16,23H,1-3,8-14,17H2. The van der Waals surface area contributed by atoms with Crippen LogP contribution in [0.15, 0.2) is 36.7 Å². The molecule has 6 heteroatoms. The molecule has 2 saturated heterocycles. The average Bonchev–Trinajstić information content (AvgIpc) is 3.19. The molecule has 0 amide bonds. The van der Waals surface area contributed by atoms with Crippen LogP contribution in [0.3, 0.4) is 0 Å². The van der Waals surface area contributed by atoms with Gasteiger partial charge in [0.1, 0.15) is 0 Å². The summed E-state index contributed by atoms with van der Waals surface area (Å²) in [6, 6.07) is 7.76. The van der Waals surface area contributed by atoms with Gasteiger partial charge in [0, 0.05) is 48.6 Å². The largest absolute Gasteiger partial charge is 0.381 e. The molecule has 0 atom stereocenters. The van der Waals surface area contributed by atoms with Crippen LogP contribution in [0, 0.1) is 0 Å². The Bertz CT molecular complexity index is 718. The number of nitrogens with one attached hydrogen (secondary N) is 1. The Hall–Kier alpha value is -1.40. The summed E-state index contributed by atoms with van der Waals surface area (Å²) < 4.78 is 7.57. The predicted molar refractivity (Wildman–Crippen MR) is 108 cm³/mol. The van der Waals surface area contributed by atoms with Crippen LogP contribution < -0.4 is 5.32 Å². The van der Waals surface area contributed by atoms with E-state index in [1.807, 2.05) is 35.1 Å². The summed E-state index contributed by atoms with van der Waals surface area (Å²) >= 11 is 5.97. The first-order valence-electron chi connectivity index (χ1n) is 10.1. The van der Waals surface area contributed by atoms with Gasteiger partial charge in [0.15, 0.2) is 0 Å². The molecule has 3 heterocycles. The smallest absolute Gasteiger partial charge is 0.0646 e. The Kier molecular flexibility index (Phi) is 6.13. The Balaban J connectivity index is 1.37. The highest BCUT2D eigenvalue weighted by Gasteiger charge is 2.38. The lowest BCUT2D eigenvalue weighted by Gasteiger charge is -2.48. The highest BCUT2D eigenvalue weighted by atomic mass is 35.5. The molecule has 0 radical (unpaired) electrons. The lowest BCUT2D eigenvalue weighted by atomic mass is 9.86. The normalized spacial score (nSPS) is 20.6. The number of ether oxygens (including phenoxy) is 1. The highest BCUT2D eigenvalue weighted by molar-refractivity contribution is 6.30. The number of rotatable bonds is 6. The van der Waals surface area contributed by atoms with Crippen molar-refractivity contribution >= 4 is 11.6 Å². The van der Waals surface area contributed by atoms with Crippen LogP contribution in [-0.2, 0) is 11.3 Å². The number of halogens is 1. The molecule has 0 spiro atoms. The van der Waals surface area contributed by atoms with Gasteiger partial charge in [-0.3, -0.25) is 4.90 Å². The molecule has 1 aromatic carbocycles. The second-order valence-corrected chi connectivity index (χ2v) is 8.19. The first kappa shape index (κ1) is 18.9. The summed E-state index contributed by atoms with van der Waals surface area (Å²) in [6.07, 6.45) is 10.3. The summed E-state index contributed by atoms with van der Waals surface area (Å²) in [5.41, 5.74) is 2.48. The van der Waals surface area contributed by atoms with E-state index in [2.05, 4.69) is 21.5 Å². The predicted octanol–water partition coefficient (Wildman–Crippen LogP) is 3.65. The van der Waals surface area contributed by atoms with E-state index in [-0.39, 0.29) is 5.54 Å². The van der Waals surface area contributed by atoms with Crippen LogP contribution in [-0.4, -0.2) is 53.1 Å². The monoisotopic (exact) mass is 388 g/mol. The fourth-order valence-corrected chi connectivity index (χ4v) is 4.48. The number of hydrogen-bond acceptors (Lipinski definition) is 4. The van der Waals surface area contributed by atoms with Gasteiger partial charge in [-0.05, 0) is 63.0 Å². The summed E-state index contributed by atoms with van der Waals surface area (Å²) in [7, 11) is 0. The molecule has 5 nitrogen and oxygen atoms in total. The molecule has 0 unspecified atom stereocenters. The van der Waals surface area contributed by atoms with Crippen LogP contribution in [0.4, 0.5) is 0 Å². The summed E-state index contributed by atoms with van der Waals surface area (Å²) in [5.74, 6) is 0. The highest BCUT2D eigenvalue weighted by Crippen LogP contribution is 2.30. The molecule has 0 aliphatic carbocycles. The lowest BCUT2D eigenvalue weighted by Crippen LogP contribution is -2.59. The summed E-state index contributed by atoms with van der Waals surface area (Å²) in [6.45, 7) is 6.08. The molecule has 0 saturated carbocycles. The van der Waals surface area contributed by atoms with E-state index in [0.29, 0.717) is 0 Å². The topological polar surface area (TPSA) is 42.3 Å². The zero-order valence-corrected chi connectivity index (χ0v) is 16.6. The van der Waals surface area contributed by atoms with Gasteiger partial charge in [-0.15, -0.1) is 0 Å². The molecule has 1 aromatic heterocycles. The van der Waals surface area contributed by atoms with Gasteiger partial charge in [0.2, 0.25) is 0 Å². The molecule has 2 aliphatic heterocycles. The third-order valence-corrected chi connectivity index (χ3v) is 6.21. The van der Waals surface area contributed by atoms with Crippen LogP contribution in [0.1, 0.15) is 37.7 Å². The van der Waals surface area contributed by atoms with E-state index in [1.165, 1.54) is 37.9 Å². The summed E-state index contributed by atoms with van der Waals surface area (Å²) in [5, 5.41) is 8.95. The maximum absolute atomic E-state index is 5.97. The molecular weight excluding hydrogens is 360 g/mol. The van der Waals surface area contributed by atoms with E-state index in [9.17, 15) is 0 Å². The Labute approximate surface area is 166 Å². The molecule has 0 bridgehead atoms. The minimum Gasteiger partial charge on any atom is -0.381 e. The van der Waals surface area contributed by atoms with Gasteiger partial charge < -0.3 is 10.1 Å². The van der Waals surface area contributed by atoms with Gasteiger partial charge in [0.25, 0.3) is 0 Å². The van der Waals surface area contributed by atoms with E-state index >= 15 is 0 Å². The van der Waals surface area contributed by atoms with Gasteiger partial charge in [-0.25, -0.2) is 4.68 Å².